The van der Waals surface area contributed by atoms with Crippen LogP contribution in [0.4, 0.5) is 5.82 Å². The van der Waals surface area contributed by atoms with Crippen LogP contribution in [0.15, 0.2) is 18.3 Å². The van der Waals surface area contributed by atoms with Crippen molar-refractivity contribution in [1.82, 2.24) is 4.98 Å². The predicted octanol–water partition coefficient (Wildman–Crippen LogP) is 2.34. The molecule has 1 aliphatic heterocycles. The van der Waals surface area contributed by atoms with Gasteiger partial charge in [0.2, 0.25) is 0 Å². The van der Waals surface area contributed by atoms with Gasteiger partial charge in [-0.25, -0.2) is 4.98 Å². The number of nitrogens with zero attached hydrogens (tertiary/aromatic N) is 2. The second kappa shape index (κ2) is 4.83. The van der Waals surface area contributed by atoms with Crippen molar-refractivity contribution in [3.8, 4) is 0 Å². The number of aromatic nitrogens is 1. The van der Waals surface area contributed by atoms with Crippen LogP contribution < -0.4 is 10.6 Å². The molecule has 88 valence electrons. The summed E-state index contributed by atoms with van der Waals surface area (Å²) in [7, 11) is 0. The lowest BCUT2D eigenvalue weighted by atomic mass is 10.1. The summed E-state index contributed by atoms with van der Waals surface area (Å²) in [5.74, 6) is 1.94. The van der Waals surface area contributed by atoms with Crippen molar-refractivity contribution >= 4 is 5.82 Å². The molecule has 0 aliphatic carbocycles. The Hall–Kier alpha value is -1.09. The molecule has 0 amide bonds. The fraction of sp³-hybridized carbons (Fsp3) is 0.615. The molecule has 0 bridgehead atoms. The highest BCUT2D eigenvalue weighted by atomic mass is 15.2. The third-order valence-electron chi connectivity index (χ3n) is 3.48. The van der Waals surface area contributed by atoms with Crippen molar-refractivity contribution in [2.45, 2.75) is 32.7 Å². The Labute approximate surface area is 97.7 Å². The van der Waals surface area contributed by atoms with Crippen molar-refractivity contribution in [3.63, 3.8) is 0 Å². The standard InChI is InChI=1S/C13H21N3/c1-3-11-6-7-16(9-11)13-5-4-12(8-15-13)10(2)14/h4-5,8,10-11H,3,6-7,9,14H2,1-2H3. The summed E-state index contributed by atoms with van der Waals surface area (Å²) < 4.78 is 0. The summed E-state index contributed by atoms with van der Waals surface area (Å²) in [5.41, 5.74) is 6.91. The van der Waals surface area contributed by atoms with Gasteiger partial charge in [0.1, 0.15) is 5.82 Å². The van der Waals surface area contributed by atoms with Gasteiger partial charge in [-0.3, -0.25) is 0 Å². The van der Waals surface area contributed by atoms with E-state index in [4.69, 9.17) is 5.73 Å². The molecule has 1 aromatic heterocycles. The fourth-order valence-corrected chi connectivity index (χ4v) is 2.23. The van der Waals surface area contributed by atoms with Gasteiger partial charge in [-0.15, -0.1) is 0 Å². The van der Waals surface area contributed by atoms with E-state index < -0.39 is 0 Å². The minimum atomic E-state index is 0.0727. The van der Waals surface area contributed by atoms with E-state index in [1.807, 2.05) is 13.1 Å². The van der Waals surface area contributed by atoms with E-state index in [0.29, 0.717) is 0 Å². The molecule has 2 unspecified atom stereocenters. The monoisotopic (exact) mass is 219 g/mol. The molecule has 2 heterocycles. The molecule has 1 aliphatic rings. The van der Waals surface area contributed by atoms with Crippen molar-refractivity contribution in [3.05, 3.63) is 23.9 Å². The third-order valence-corrected chi connectivity index (χ3v) is 3.48. The summed E-state index contributed by atoms with van der Waals surface area (Å²) in [6.45, 7) is 6.55. The molecule has 2 rings (SSSR count). The van der Waals surface area contributed by atoms with Gasteiger partial charge in [0, 0.05) is 25.3 Å². The van der Waals surface area contributed by atoms with Gasteiger partial charge in [0.15, 0.2) is 0 Å². The minimum absolute atomic E-state index is 0.0727. The lowest BCUT2D eigenvalue weighted by molar-refractivity contribution is 0.568. The van der Waals surface area contributed by atoms with Crippen LogP contribution in [-0.2, 0) is 0 Å². The molecular weight excluding hydrogens is 198 g/mol. The zero-order valence-corrected chi connectivity index (χ0v) is 10.2. The van der Waals surface area contributed by atoms with E-state index in [1.165, 1.54) is 12.8 Å². The van der Waals surface area contributed by atoms with Crippen LogP contribution in [0.5, 0.6) is 0 Å². The Balaban J connectivity index is 2.05. The van der Waals surface area contributed by atoms with Crippen LogP contribution in [0, 0.1) is 5.92 Å². The van der Waals surface area contributed by atoms with Crippen molar-refractivity contribution in [2.75, 3.05) is 18.0 Å². The highest BCUT2D eigenvalue weighted by Gasteiger charge is 2.21. The topological polar surface area (TPSA) is 42.1 Å². The first kappa shape index (κ1) is 11.4. The summed E-state index contributed by atoms with van der Waals surface area (Å²) in [4.78, 5) is 6.87. The molecule has 1 aromatic rings. The van der Waals surface area contributed by atoms with Gasteiger partial charge < -0.3 is 10.6 Å². The number of anilines is 1. The van der Waals surface area contributed by atoms with Gasteiger partial charge in [0.05, 0.1) is 0 Å². The van der Waals surface area contributed by atoms with Crippen molar-refractivity contribution in [2.24, 2.45) is 11.7 Å². The lowest BCUT2D eigenvalue weighted by Crippen LogP contribution is -2.20. The second-order valence-electron chi connectivity index (χ2n) is 4.75. The van der Waals surface area contributed by atoms with Crippen LogP contribution in [-0.4, -0.2) is 18.1 Å². The molecule has 0 spiro atoms. The first-order valence-corrected chi connectivity index (χ1v) is 6.17. The van der Waals surface area contributed by atoms with Gasteiger partial charge >= 0.3 is 0 Å². The smallest absolute Gasteiger partial charge is 0.128 e. The molecule has 0 aromatic carbocycles. The largest absolute Gasteiger partial charge is 0.356 e. The third kappa shape index (κ3) is 2.35. The van der Waals surface area contributed by atoms with Gasteiger partial charge in [-0.05, 0) is 30.9 Å². The van der Waals surface area contributed by atoms with E-state index in [0.717, 1.165) is 30.4 Å². The van der Waals surface area contributed by atoms with Gasteiger partial charge in [0.25, 0.3) is 0 Å². The molecule has 16 heavy (non-hydrogen) atoms. The molecule has 0 radical (unpaired) electrons. The van der Waals surface area contributed by atoms with Crippen molar-refractivity contribution < 1.29 is 0 Å². The molecule has 2 atom stereocenters. The summed E-state index contributed by atoms with van der Waals surface area (Å²) in [5, 5.41) is 0. The molecule has 3 nitrogen and oxygen atoms in total. The van der Waals surface area contributed by atoms with Crippen molar-refractivity contribution in [1.29, 1.82) is 0 Å². The van der Waals surface area contributed by atoms with E-state index >= 15 is 0 Å². The highest BCUT2D eigenvalue weighted by Crippen LogP contribution is 2.24. The number of nitrogens with two attached hydrogens (primary N) is 1. The molecule has 2 N–H and O–H groups in total. The fourth-order valence-electron chi connectivity index (χ4n) is 2.23. The number of pyridine rings is 1. The quantitative estimate of drug-likeness (QED) is 0.848. The van der Waals surface area contributed by atoms with Crippen LogP contribution in [0.25, 0.3) is 0 Å². The maximum absolute atomic E-state index is 5.81. The highest BCUT2D eigenvalue weighted by molar-refractivity contribution is 5.40. The molecule has 1 fully saturated rings. The number of hydrogen-bond donors (Lipinski definition) is 1. The van der Waals surface area contributed by atoms with Gasteiger partial charge in [-0.2, -0.15) is 0 Å². The number of rotatable bonds is 3. The molecular formula is C13H21N3. The maximum atomic E-state index is 5.81. The Morgan fingerprint density at radius 3 is 2.88 bits per heavy atom. The van der Waals surface area contributed by atoms with E-state index in [-0.39, 0.29) is 6.04 Å². The van der Waals surface area contributed by atoms with E-state index in [1.54, 1.807) is 0 Å². The molecule has 1 saturated heterocycles. The predicted molar refractivity (Wildman–Crippen MR) is 67.5 cm³/mol. The minimum Gasteiger partial charge on any atom is -0.356 e. The second-order valence-corrected chi connectivity index (χ2v) is 4.75. The van der Waals surface area contributed by atoms with Crippen LogP contribution in [0.3, 0.4) is 0 Å². The first-order valence-electron chi connectivity index (χ1n) is 6.17. The van der Waals surface area contributed by atoms with Crippen LogP contribution >= 0.6 is 0 Å². The SMILES string of the molecule is CCC1CCN(c2ccc(C(C)N)cn2)C1. The zero-order chi connectivity index (χ0) is 11.5. The number of hydrogen-bond acceptors (Lipinski definition) is 3. The first-order chi connectivity index (χ1) is 7.70. The Bertz CT molecular complexity index is 332. The van der Waals surface area contributed by atoms with Crippen LogP contribution in [0.1, 0.15) is 38.3 Å². The maximum Gasteiger partial charge on any atom is 0.128 e. The Morgan fingerprint density at radius 1 is 1.56 bits per heavy atom. The summed E-state index contributed by atoms with van der Waals surface area (Å²) in [6.07, 6.45) is 4.47. The lowest BCUT2D eigenvalue weighted by Gasteiger charge is -2.17. The molecule has 0 saturated carbocycles. The van der Waals surface area contributed by atoms with E-state index in [2.05, 4.69) is 28.9 Å². The average molecular weight is 219 g/mol. The molecule has 3 heteroatoms. The Kier molecular flexibility index (Phi) is 3.44. The average Bonchev–Trinajstić information content (AvgIpc) is 2.77. The Morgan fingerprint density at radius 2 is 2.38 bits per heavy atom. The van der Waals surface area contributed by atoms with Crippen LogP contribution in [0.2, 0.25) is 0 Å². The zero-order valence-electron chi connectivity index (χ0n) is 10.2. The van der Waals surface area contributed by atoms with E-state index in [9.17, 15) is 0 Å². The van der Waals surface area contributed by atoms with Gasteiger partial charge in [-0.1, -0.05) is 19.4 Å². The summed E-state index contributed by atoms with van der Waals surface area (Å²) in [6, 6.07) is 4.26. The summed E-state index contributed by atoms with van der Waals surface area (Å²) >= 11 is 0. The normalized spacial score (nSPS) is 22.4.